The largest absolute Gasteiger partial charge is 0.480 e. The average molecular weight is 425 g/mol. The number of ether oxygens (including phenoxy) is 1. The molecule has 1 aromatic carbocycles. The van der Waals surface area contributed by atoms with Crippen LogP contribution in [0.15, 0.2) is 40.9 Å². The van der Waals surface area contributed by atoms with Gasteiger partial charge in [0.05, 0.1) is 24.4 Å². The lowest BCUT2D eigenvalue weighted by atomic mass is 10.1. The molecule has 164 valence electrons. The van der Waals surface area contributed by atoms with Crippen LogP contribution in [0, 0.1) is 0 Å². The molecule has 8 heteroatoms. The maximum absolute atomic E-state index is 11.4. The predicted molar refractivity (Wildman–Crippen MR) is 116 cm³/mol. The summed E-state index contributed by atoms with van der Waals surface area (Å²) >= 11 is 0. The summed E-state index contributed by atoms with van der Waals surface area (Å²) in [6, 6.07) is 9.01. The van der Waals surface area contributed by atoms with E-state index in [1.807, 2.05) is 37.3 Å². The number of unbranched alkanes of at least 4 members (excludes halogenated alkanes) is 2. The van der Waals surface area contributed by atoms with Crippen molar-refractivity contribution < 1.29 is 23.8 Å². The number of fused-ring (bicyclic) bond motifs is 1. The second-order valence-electron chi connectivity index (χ2n) is 7.29. The van der Waals surface area contributed by atoms with Gasteiger partial charge >= 0.3 is 6.09 Å². The van der Waals surface area contributed by atoms with Crippen LogP contribution in [0.25, 0.3) is 22.2 Å². The van der Waals surface area contributed by atoms with Crippen molar-refractivity contribution in [2.45, 2.75) is 51.5 Å². The van der Waals surface area contributed by atoms with E-state index in [1.54, 1.807) is 6.20 Å². The highest BCUT2D eigenvalue weighted by Gasteiger charge is 2.21. The lowest BCUT2D eigenvalue weighted by Gasteiger charge is -2.13. The van der Waals surface area contributed by atoms with E-state index in [2.05, 4.69) is 15.3 Å². The van der Waals surface area contributed by atoms with E-state index in [9.17, 15) is 14.7 Å². The van der Waals surface area contributed by atoms with E-state index in [-0.39, 0.29) is 11.7 Å². The Hall–Kier alpha value is -3.42. The normalized spacial score (nSPS) is 11.9. The quantitative estimate of drug-likeness (QED) is 0.409. The van der Waals surface area contributed by atoms with Gasteiger partial charge < -0.3 is 19.6 Å². The van der Waals surface area contributed by atoms with Crippen LogP contribution in [0.2, 0.25) is 0 Å². The third kappa shape index (κ3) is 5.81. The van der Waals surface area contributed by atoms with Gasteiger partial charge in [0.2, 0.25) is 11.8 Å². The number of ketones is 1. The molecule has 2 N–H and O–H groups in total. The van der Waals surface area contributed by atoms with Crippen LogP contribution in [0.4, 0.5) is 4.79 Å². The Morgan fingerprint density at radius 1 is 1.23 bits per heavy atom. The molecule has 1 unspecified atom stereocenters. The van der Waals surface area contributed by atoms with E-state index in [1.165, 1.54) is 7.11 Å². The number of nitrogens with zero attached hydrogens (tertiary/aromatic N) is 2. The van der Waals surface area contributed by atoms with Crippen LogP contribution >= 0.6 is 0 Å². The number of rotatable bonds is 11. The SMILES string of the molecule is CCC(=O)CCCCCC(NC(=O)O)c1ncc(-c2cc3ccccc3nc2OC)o1. The summed E-state index contributed by atoms with van der Waals surface area (Å²) in [4.78, 5) is 31.5. The molecule has 31 heavy (non-hydrogen) atoms. The molecular formula is C23H27N3O5. The third-order valence-corrected chi connectivity index (χ3v) is 5.11. The number of aromatic nitrogens is 2. The number of carbonyl (C=O) groups excluding carboxylic acids is 1. The van der Waals surface area contributed by atoms with Crippen molar-refractivity contribution in [1.29, 1.82) is 0 Å². The monoisotopic (exact) mass is 425 g/mol. The summed E-state index contributed by atoms with van der Waals surface area (Å²) in [5, 5.41) is 12.6. The van der Waals surface area contributed by atoms with Gasteiger partial charge in [0.25, 0.3) is 0 Å². The van der Waals surface area contributed by atoms with E-state index in [0.29, 0.717) is 36.5 Å². The number of carboxylic acid groups (broad SMARTS) is 1. The maximum Gasteiger partial charge on any atom is 0.405 e. The van der Waals surface area contributed by atoms with Gasteiger partial charge in [-0.25, -0.2) is 14.8 Å². The molecule has 0 aliphatic carbocycles. The summed E-state index contributed by atoms with van der Waals surface area (Å²) in [6.45, 7) is 1.86. The number of benzene rings is 1. The van der Waals surface area contributed by atoms with Gasteiger partial charge in [-0.3, -0.25) is 4.79 Å². The first kappa shape index (κ1) is 22.3. The van der Waals surface area contributed by atoms with Gasteiger partial charge in [0, 0.05) is 18.2 Å². The minimum Gasteiger partial charge on any atom is -0.480 e. The fourth-order valence-electron chi connectivity index (χ4n) is 3.43. The van der Waals surface area contributed by atoms with Crippen molar-refractivity contribution in [3.63, 3.8) is 0 Å². The summed E-state index contributed by atoms with van der Waals surface area (Å²) in [6.07, 6.45) is 4.43. The van der Waals surface area contributed by atoms with Gasteiger partial charge in [-0.2, -0.15) is 0 Å². The Balaban J connectivity index is 1.76. The lowest BCUT2D eigenvalue weighted by molar-refractivity contribution is -0.118. The number of carbonyl (C=O) groups is 2. The van der Waals surface area contributed by atoms with Gasteiger partial charge in [0.15, 0.2) is 5.76 Å². The highest BCUT2D eigenvalue weighted by atomic mass is 16.5. The molecule has 3 rings (SSSR count). The van der Waals surface area contributed by atoms with Crippen LogP contribution in [0.1, 0.15) is 57.4 Å². The Labute approximate surface area is 180 Å². The Morgan fingerprint density at radius 3 is 2.77 bits per heavy atom. The second kappa shape index (κ2) is 10.6. The highest BCUT2D eigenvalue weighted by Crippen LogP contribution is 2.33. The molecule has 3 aromatic rings. The number of oxazole rings is 1. The molecule has 0 aliphatic rings. The lowest BCUT2D eigenvalue weighted by Crippen LogP contribution is -2.27. The van der Waals surface area contributed by atoms with E-state index < -0.39 is 12.1 Å². The van der Waals surface area contributed by atoms with Crippen molar-refractivity contribution >= 4 is 22.8 Å². The van der Waals surface area contributed by atoms with E-state index >= 15 is 0 Å². The van der Waals surface area contributed by atoms with Crippen LogP contribution in [0.5, 0.6) is 5.88 Å². The zero-order valence-corrected chi connectivity index (χ0v) is 17.8. The minimum atomic E-state index is -1.14. The smallest absolute Gasteiger partial charge is 0.405 e. The molecule has 0 spiro atoms. The topological polar surface area (TPSA) is 115 Å². The molecular weight excluding hydrogens is 398 g/mol. The Morgan fingerprint density at radius 2 is 2.03 bits per heavy atom. The van der Waals surface area contributed by atoms with Crippen molar-refractivity contribution in [1.82, 2.24) is 15.3 Å². The fourth-order valence-corrected chi connectivity index (χ4v) is 3.43. The van der Waals surface area contributed by atoms with Gasteiger partial charge in [-0.15, -0.1) is 0 Å². The number of pyridine rings is 1. The first-order chi connectivity index (χ1) is 15.0. The third-order valence-electron chi connectivity index (χ3n) is 5.11. The summed E-state index contributed by atoms with van der Waals surface area (Å²) in [5.74, 6) is 1.40. The highest BCUT2D eigenvalue weighted by molar-refractivity contribution is 5.85. The van der Waals surface area contributed by atoms with Crippen LogP contribution in [-0.2, 0) is 4.79 Å². The summed E-state index contributed by atoms with van der Waals surface area (Å²) in [7, 11) is 1.54. The number of nitrogens with one attached hydrogen (secondary N) is 1. The zero-order valence-electron chi connectivity index (χ0n) is 17.8. The molecule has 2 heterocycles. The first-order valence-corrected chi connectivity index (χ1v) is 10.4. The standard InChI is InChI=1S/C23H27N3O5/c1-3-16(27)10-5-4-6-12-19(26-23(28)29)22-24-14-20(31-22)17-13-15-9-7-8-11-18(15)25-21(17)30-2/h7-9,11,13-14,19,26H,3-6,10,12H2,1-2H3,(H,28,29). The molecule has 0 saturated carbocycles. The summed E-state index contributed by atoms with van der Waals surface area (Å²) < 4.78 is 11.4. The van der Waals surface area contributed by atoms with Crippen LogP contribution in [-0.4, -0.2) is 34.1 Å². The van der Waals surface area contributed by atoms with Gasteiger partial charge in [-0.1, -0.05) is 38.0 Å². The molecule has 0 saturated heterocycles. The molecule has 0 aliphatic heterocycles. The van der Waals surface area contributed by atoms with Gasteiger partial charge in [-0.05, 0) is 25.0 Å². The Kier molecular flexibility index (Phi) is 7.59. The molecule has 0 radical (unpaired) electrons. The molecule has 2 aromatic heterocycles. The molecule has 1 atom stereocenters. The Bertz CT molecular complexity index is 1050. The predicted octanol–water partition coefficient (Wildman–Crippen LogP) is 5.14. The van der Waals surface area contributed by atoms with Crippen molar-refractivity contribution in [3.05, 3.63) is 42.4 Å². The van der Waals surface area contributed by atoms with Crippen molar-refractivity contribution in [2.75, 3.05) is 7.11 Å². The van der Waals surface area contributed by atoms with Gasteiger partial charge in [0.1, 0.15) is 11.8 Å². The number of methoxy groups -OCH3 is 1. The van der Waals surface area contributed by atoms with Crippen LogP contribution in [0.3, 0.4) is 0 Å². The van der Waals surface area contributed by atoms with E-state index in [0.717, 1.165) is 30.2 Å². The number of para-hydroxylation sites is 1. The zero-order chi connectivity index (χ0) is 22.2. The average Bonchev–Trinajstić information content (AvgIpc) is 3.26. The van der Waals surface area contributed by atoms with E-state index in [4.69, 9.17) is 9.15 Å². The van der Waals surface area contributed by atoms with Crippen LogP contribution < -0.4 is 10.1 Å². The first-order valence-electron chi connectivity index (χ1n) is 10.4. The fraction of sp³-hybridized carbons (Fsp3) is 0.391. The van der Waals surface area contributed by atoms with Crippen molar-refractivity contribution in [2.24, 2.45) is 0 Å². The molecule has 0 fully saturated rings. The number of amides is 1. The maximum atomic E-state index is 11.4. The minimum absolute atomic E-state index is 0.246. The number of hydrogen-bond acceptors (Lipinski definition) is 6. The number of Topliss-reactive ketones (excluding diaryl/α,β-unsaturated/α-hetero) is 1. The van der Waals surface area contributed by atoms with Crippen molar-refractivity contribution in [3.8, 4) is 17.2 Å². The molecule has 8 nitrogen and oxygen atoms in total. The number of hydrogen-bond donors (Lipinski definition) is 2. The second-order valence-corrected chi connectivity index (χ2v) is 7.29. The molecule has 1 amide bonds. The summed E-state index contributed by atoms with van der Waals surface area (Å²) in [5.41, 5.74) is 1.45. The molecule has 0 bridgehead atoms.